The number of rotatable bonds is 8. The molecule has 3 aromatic carbocycles. The van der Waals surface area contributed by atoms with E-state index >= 15 is 0 Å². The number of carbonyl (C=O) groups excluding carboxylic acids is 1. The molecule has 160 valence electrons. The summed E-state index contributed by atoms with van der Waals surface area (Å²) < 4.78 is 10.5. The van der Waals surface area contributed by atoms with Crippen molar-refractivity contribution in [2.24, 2.45) is 0 Å². The summed E-state index contributed by atoms with van der Waals surface area (Å²) in [6.07, 6.45) is -1.67. The molecule has 3 rings (SSSR count). The molecule has 8 nitrogen and oxygen atoms in total. The van der Waals surface area contributed by atoms with Gasteiger partial charge in [-0.15, -0.1) is 0 Å². The molecule has 0 fully saturated rings. The molecule has 8 heteroatoms. The molecule has 0 aliphatic carbocycles. The van der Waals surface area contributed by atoms with Crippen LogP contribution in [0.1, 0.15) is 17.2 Å². The number of para-hydroxylation sites is 3. The molecule has 0 spiro atoms. The lowest BCUT2D eigenvalue weighted by Crippen LogP contribution is -2.49. The predicted octanol–water partition coefficient (Wildman–Crippen LogP) is 3.82. The van der Waals surface area contributed by atoms with Crippen molar-refractivity contribution < 1.29 is 24.3 Å². The Morgan fingerprint density at radius 1 is 1.00 bits per heavy atom. The van der Waals surface area contributed by atoms with Crippen molar-refractivity contribution in [2.75, 3.05) is 19.5 Å². The number of anilines is 1. The van der Waals surface area contributed by atoms with E-state index in [1.165, 1.54) is 32.4 Å². The lowest BCUT2D eigenvalue weighted by atomic mass is 9.80. The third-order valence-electron chi connectivity index (χ3n) is 5.01. The van der Waals surface area contributed by atoms with Gasteiger partial charge in [0.25, 0.3) is 5.69 Å². The van der Waals surface area contributed by atoms with Gasteiger partial charge in [0.1, 0.15) is 11.9 Å². The molecule has 0 unspecified atom stereocenters. The van der Waals surface area contributed by atoms with Gasteiger partial charge in [-0.2, -0.15) is 0 Å². The molecule has 31 heavy (non-hydrogen) atoms. The zero-order valence-electron chi connectivity index (χ0n) is 17.0. The SMILES string of the molecule is COC(=O)[C@](Nc1ccccc1OC)(c1ccccc1)[C@@H](O)c1ccccc1[N+](=O)[O-]. The van der Waals surface area contributed by atoms with Crippen LogP contribution in [0.4, 0.5) is 11.4 Å². The van der Waals surface area contributed by atoms with Gasteiger partial charge in [0.2, 0.25) is 0 Å². The monoisotopic (exact) mass is 422 g/mol. The first kappa shape index (κ1) is 21.8. The van der Waals surface area contributed by atoms with Gasteiger partial charge in [-0.05, 0) is 23.8 Å². The van der Waals surface area contributed by atoms with E-state index in [0.29, 0.717) is 17.0 Å². The van der Waals surface area contributed by atoms with Crippen molar-refractivity contribution in [2.45, 2.75) is 11.6 Å². The van der Waals surface area contributed by atoms with Crippen LogP contribution >= 0.6 is 0 Å². The lowest BCUT2D eigenvalue weighted by Gasteiger charge is -2.37. The Hall–Kier alpha value is -3.91. The number of nitro benzene ring substituents is 1. The number of hydrogen-bond acceptors (Lipinski definition) is 7. The Kier molecular flexibility index (Phi) is 6.52. The fourth-order valence-corrected chi connectivity index (χ4v) is 3.52. The first-order valence-corrected chi connectivity index (χ1v) is 9.42. The van der Waals surface area contributed by atoms with Crippen LogP contribution in [-0.2, 0) is 15.1 Å². The second-order valence-electron chi connectivity index (χ2n) is 6.71. The van der Waals surface area contributed by atoms with E-state index in [4.69, 9.17) is 9.47 Å². The number of aliphatic hydroxyl groups excluding tert-OH is 1. The van der Waals surface area contributed by atoms with Crippen LogP contribution in [0.15, 0.2) is 78.9 Å². The summed E-state index contributed by atoms with van der Waals surface area (Å²) in [7, 11) is 2.66. The molecule has 0 saturated heterocycles. The summed E-state index contributed by atoms with van der Waals surface area (Å²) in [4.78, 5) is 24.3. The largest absolute Gasteiger partial charge is 0.495 e. The number of nitrogens with one attached hydrogen (secondary N) is 1. The van der Waals surface area contributed by atoms with Gasteiger partial charge in [0.15, 0.2) is 5.54 Å². The highest BCUT2D eigenvalue weighted by Gasteiger charge is 2.51. The molecule has 0 bridgehead atoms. The maximum absolute atomic E-state index is 13.3. The average Bonchev–Trinajstić information content (AvgIpc) is 2.82. The van der Waals surface area contributed by atoms with E-state index in [9.17, 15) is 20.0 Å². The Bertz CT molecular complexity index is 1070. The first-order valence-electron chi connectivity index (χ1n) is 9.42. The summed E-state index contributed by atoms with van der Waals surface area (Å²) in [5.41, 5.74) is -1.50. The van der Waals surface area contributed by atoms with E-state index in [0.717, 1.165) is 0 Å². The molecule has 0 radical (unpaired) electrons. The quantitative estimate of drug-likeness (QED) is 0.322. The third kappa shape index (κ3) is 4.06. The summed E-state index contributed by atoms with van der Waals surface area (Å²) in [5, 5.41) is 26.2. The van der Waals surface area contributed by atoms with Crippen molar-refractivity contribution in [3.8, 4) is 5.75 Å². The van der Waals surface area contributed by atoms with E-state index in [-0.39, 0.29) is 11.3 Å². The maximum Gasteiger partial charge on any atom is 0.339 e. The Balaban J connectivity index is 2.30. The normalized spacial score (nSPS) is 13.5. The zero-order chi connectivity index (χ0) is 22.4. The van der Waals surface area contributed by atoms with Gasteiger partial charge in [0.05, 0.1) is 30.4 Å². The number of esters is 1. The molecular formula is C23H22N2O6. The highest BCUT2D eigenvalue weighted by atomic mass is 16.6. The predicted molar refractivity (Wildman–Crippen MR) is 115 cm³/mol. The number of nitrogens with zero attached hydrogens (tertiary/aromatic N) is 1. The Morgan fingerprint density at radius 2 is 1.61 bits per heavy atom. The lowest BCUT2D eigenvalue weighted by molar-refractivity contribution is -0.386. The topological polar surface area (TPSA) is 111 Å². The molecule has 0 aliphatic rings. The van der Waals surface area contributed by atoms with E-state index in [1.807, 2.05) is 0 Å². The molecule has 0 aliphatic heterocycles. The number of carbonyl (C=O) groups is 1. The summed E-state index contributed by atoms with van der Waals surface area (Å²) >= 11 is 0. The average molecular weight is 422 g/mol. The molecule has 2 N–H and O–H groups in total. The highest BCUT2D eigenvalue weighted by Crippen LogP contribution is 2.43. The summed E-state index contributed by atoms with van der Waals surface area (Å²) in [6, 6.07) is 21.0. The first-order chi connectivity index (χ1) is 15.0. The van der Waals surface area contributed by atoms with E-state index in [2.05, 4.69) is 5.32 Å². The number of benzene rings is 3. The third-order valence-corrected chi connectivity index (χ3v) is 5.01. The molecule has 2 atom stereocenters. The van der Waals surface area contributed by atoms with Crippen molar-refractivity contribution in [3.63, 3.8) is 0 Å². The van der Waals surface area contributed by atoms with Crippen LogP contribution in [-0.4, -0.2) is 30.2 Å². The number of aliphatic hydroxyl groups is 1. The second-order valence-corrected chi connectivity index (χ2v) is 6.71. The summed E-state index contributed by atoms with van der Waals surface area (Å²) in [5.74, 6) is -0.406. The fourth-order valence-electron chi connectivity index (χ4n) is 3.52. The minimum absolute atomic E-state index is 0.0378. The number of methoxy groups -OCH3 is 2. The van der Waals surface area contributed by atoms with E-state index in [1.54, 1.807) is 60.7 Å². The van der Waals surface area contributed by atoms with Crippen molar-refractivity contribution in [1.82, 2.24) is 0 Å². The van der Waals surface area contributed by atoms with Crippen molar-refractivity contribution in [3.05, 3.63) is 100 Å². The van der Waals surface area contributed by atoms with Crippen LogP contribution in [0.2, 0.25) is 0 Å². The van der Waals surface area contributed by atoms with Crippen molar-refractivity contribution in [1.29, 1.82) is 0 Å². The molecule has 0 saturated carbocycles. The molecule has 0 amide bonds. The minimum Gasteiger partial charge on any atom is -0.495 e. The fraction of sp³-hybridized carbons (Fsp3) is 0.174. The van der Waals surface area contributed by atoms with Gasteiger partial charge in [-0.25, -0.2) is 4.79 Å². The Morgan fingerprint density at radius 3 is 2.26 bits per heavy atom. The zero-order valence-corrected chi connectivity index (χ0v) is 17.0. The van der Waals surface area contributed by atoms with Gasteiger partial charge in [-0.3, -0.25) is 10.1 Å². The maximum atomic E-state index is 13.3. The van der Waals surface area contributed by atoms with E-state index < -0.39 is 22.5 Å². The second kappa shape index (κ2) is 9.27. The molecular weight excluding hydrogens is 400 g/mol. The van der Waals surface area contributed by atoms with Gasteiger partial charge in [0, 0.05) is 6.07 Å². The Labute approximate surface area is 179 Å². The van der Waals surface area contributed by atoms with Crippen LogP contribution in [0, 0.1) is 10.1 Å². The molecule has 3 aromatic rings. The van der Waals surface area contributed by atoms with Gasteiger partial charge in [-0.1, -0.05) is 54.6 Å². The summed E-state index contributed by atoms with van der Waals surface area (Å²) in [6.45, 7) is 0. The van der Waals surface area contributed by atoms with Crippen LogP contribution in [0.25, 0.3) is 0 Å². The van der Waals surface area contributed by atoms with Crippen LogP contribution in [0.3, 0.4) is 0 Å². The smallest absolute Gasteiger partial charge is 0.339 e. The van der Waals surface area contributed by atoms with Crippen LogP contribution in [0.5, 0.6) is 5.75 Å². The number of hydrogen-bond donors (Lipinski definition) is 2. The van der Waals surface area contributed by atoms with Gasteiger partial charge >= 0.3 is 5.97 Å². The molecule has 0 heterocycles. The van der Waals surface area contributed by atoms with Crippen molar-refractivity contribution >= 4 is 17.3 Å². The number of ether oxygens (including phenoxy) is 2. The number of nitro groups is 1. The standard InChI is InChI=1S/C23H22N2O6/c1-30-20-15-9-7-13-18(20)24-23(22(27)31-2,16-10-4-3-5-11-16)21(26)17-12-6-8-14-19(17)25(28)29/h3-15,21,24,26H,1-2H3/t21-,23-/m0/s1. The molecule has 0 aromatic heterocycles. The van der Waals surface area contributed by atoms with Crippen LogP contribution < -0.4 is 10.1 Å². The van der Waals surface area contributed by atoms with Gasteiger partial charge < -0.3 is 19.9 Å². The highest BCUT2D eigenvalue weighted by molar-refractivity contribution is 5.88. The minimum atomic E-state index is -1.91.